The van der Waals surface area contributed by atoms with Gasteiger partial charge in [0.2, 0.25) is 5.95 Å². The average Bonchev–Trinajstić information content (AvgIpc) is 2.51. The third-order valence-electron chi connectivity index (χ3n) is 3.51. The Balaban J connectivity index is 2.02. The highest BCUT2D eigenvalue weighted by molar-refractivity contribution is 5.58. The van der Waals surface area contributed by atoms with E-state index in [1.165, 1.54) is 5.56 Å². The second-order valence-corrected chi connectivity index (χ2v) is 5.89. The van der Waals surface area contributed by atoms with Gasteiger partial charge in [0.1, 0.15) is 5.82 Å². The van der Waals surface area contributed by atoms with Gasteiger partial charge in [0.25, 0.3) is 0 Å². The fourth-order valence-corrected chi connectivity index (χ4v) is 2.23. The predicted molar refractivity (Wildman–Crippen MR) is 95.6 cm³/mol. The van der Waals surface area contributed by atoms with Crippen LogP contribution in [-0.2, 0) is 4.74 Å². The maximum absolute atomic E-state index is 5.04. The van der Waals surface area contributed by atoms with Gasteiger partial charge >= 0.3 is 0 Å². The molecule has 2 aromatic rings. The summed E-state index contributed by atoms with van der Waals surface area (Å²) in [5.74, 6) is 1.97. The molecule has 1 aromatic carbocycles. The number of nitrogens with one attached hydrogen (secondary N) is 2. The number of hydrogen-bond donors (Lipinski definition) is 2. The van der Waals surface area contributed by atoms with Crippen LogP contribution in [0.2, 0.25) is 0 Å². The Morgan fingerprint density at radius 1 is 1.13 bits per heavy atom. The van der Waals surface area contributed by atoms with E-state index in [1.807, 2.05) is 13.0 Å². The zero-order valence-electron chi connectivity index (χ0n) is 14.4. The number of benzene rings is 1. The van der Waals surface area contributed by atoms with Gasteiger partial charge in [-0.25, -0.2) is 4.98 Å². The van der Waals surface area contributed by atoms with E-state index in [9.17, 15) is 0 Å². The average molecular weight is 314 g/mol. The molecule has 0 fully saturated rings. The Morgan fingerprint density at radius 2 is 1.87 bits per heavy atom. The summed E-state index contributed by atoms with van der Waals surface area (Å²) in [7, 11) is 1.70. The van der Waals surface area contributed by atoms with Gasteiger partial charge in [0.05, 0.1) is 0 Å². The quantitative estimate of drug-likeness (QED) is 0.718. The van der Waals surface area contributed by atoms with Crippen molar-refractivity contribution in [3.8, 4) is 0 Å². The molecule has 0 saturated carbocycles. The first-order valence-electron chi connectivity index (χ1n) is 8.04. The van der Waals surface area contributed by atoms with E-state index in [4.69, 9.17) is 4.74 Å². The van der Waals surface area contributed by atoms with E-state index in [0.29, 0.717) is 11.9 Å². The molecule has 2 N–H and O–H groups in total. The molecule has 2 rings (SSSR count). The van der Waals surface area contributed by atoms with Crippen LogP contribution < -0.4 is 10.6 Å². The largest absolute Gasteiger partial charge is 0.385 e. The van der Waals surface area contributed by atoms with Crippen LogP contribution in [0.15, 0.2) is 30.3 Å². The minimum atomic E-state index is 0.535. The van der Waals surface area contributed by atoms with Gasteiger partial charge in [-0.05, 0) is 37.0 Å². The Morgan fingerprint density at radius 3 is 2.52 bits per heavy atom. The molecule has 0 aliphatic heterocycles. The van der Waals surface area contributed by atoms with Gasteiger partial charge in [-0.15, -0.1) is 0 Å². The number of ether oxygens (including phenoxy) is 1. The maximum atomic E-state index is 5.04. The molecule has 0 amide bonds. The fraction of sp³-hybridized carbons (Fsp3) is 0.444. The Bertz CT molecular complexity index is 611. The summed E-state index contributed by atoms with van der Waals surface area (Å²) in [5.41, 5.74) is 3.28. The van der Waals surface area contributed by atoms with Crippen molar-refractivity contribution >= 4 is 17.5 Å². The topological polar surface area (TPSA) is 59.1 Å². The fourth-order valence-electron chi connectivity index (χ4n) is 2.23. The highest BCUT2D eigenvalue weighted by Crippen LogP contribution is 2.20. The molecule has 0 spiro atoms. The lowest BCUT2D eigenvalue weighted by Crippen LogP contribution is -2.09. The molecule has 5 heteroatoms. The highest BCUT2D eigenvalue weighted by Gasteiger charge is 2.04. The Labute approximate surface area is 138 Å². The lowest BCUT2D eigenvalue weighted by molar-refractivity contribution is 0.197. The van der Waals surface area contributed by atoms with Crippen molar-refractivity contribution in [1.29, 1.82) is 0 Å². The summed E-state index contributed by atoms with van der Waals surface area (Å²) >= 11 is 0. The van der Waals surface area contributed by atoms with Crippen molar-refractivity contribution in [2.75, 3.05) is 30.9 Å². The Hall–Kier alpha value is -2.14. The first-order chi connectivity index (χ1) is 11.1. The van der Waals surface area contributed by atoms with Gasteiger partial charge in [-0.1, -0.05) is 26.0 Å². The van der Waals surface area contributed by atoms with Crippen LogP contribution >= 0.6 is 0 Å². The first kappa shape index (κ1) is 17.2. The van der Waals surface area contributed by atoms with Crippen molar-refractivity contribution in [3.63, 3.8) is 0 Å². The molecule has 5 nitrogen and oxygen atoms in total. The van der Waals surface area contributed by atoms with Crippen molar-refractivity contribution < 1.29 is 4.74 Å². The molecule has 0 bridgehead atoms. The summed E-state index contributed by atoms with van der Waals surface area (Å²) in [4.78, 5) is 8.92. The van der Waals surface area contributed by atoms with Crippen molar-refractivity contribution in [1.82, 2.24) is 9.97 Å². The molecule has 1 heterocycles. The van der Waals surface area contributed by atoms with Gasteiger partial charge in [0.15, 0.2) is 0 Å². The summed E-state index contributed by atoms with van der Waals surface area (Å²) in [6.07, 6.45) is 0.924. The van der Waals surface area contributed by atoms with E-state index >= 15 is 0 Å². The molecule has 0 aliphatic carbocycles. The molecule has 0 atom stereocenters. The van der Waals surface area contributed by atoms with Crippen LogP contribution in [0.25, 0.3) is 0 Å². The number of anilines is 3. The zero-order valence-corrected chi connectivity index (χ0v) is 14.4. The van der Waals surface area contributed by atoms with Crippen LogP contribution in [0.4, 0.5) is 17.5 Å². The van der Waals surface area contributed by atoms with Crippen LogP contribution in [-0.4, -0.2) is 30.2 Å². The summed E-state index contributed by atoms with van der Waals surface area (Å²) in [6.45, 7) is 7.87. The molecule has 0 radical (unpaired) electrons. The number of methoxy groups -OCH3 is 1. The molecular weight excluding hydrogens is 288 g/mol. The summed E-state index contributed by atoms with van der Waals surface area (Å²) < 4.78 is 5.04. The lowest BCUT2D eigenvalue weighted by Gasteiger charge is -2.11. The number of aromatic nitrogens is 2. The van der Waals surface area contributed by atoms with E-state index in [0.717, 1.165) is 36.8 Å². The third kappa shape index (κ3) is 5.53. The zero-order chi connectivity index (χ0) is 16.7. The molecule has 0 unspecified atom stereocenters. The second kappa shape index (κ2) is 8.48. The Kier molecular flexibility index (Phi) is 6.35. The van der Waals surface area contributed by atoms with Gasteiger partial charge in [-0.2, -0.15) is 4.98 Å². The van der Waals surface area contributed by atoms with Crippen LogP contribution in [0.5, 0.6) is 0 Å². The van der Waals surface area contributed by atoms with E-state index in [1.54, 1.807) is 7.11 Å². The predicted octanol–water partition coefficient (Wildman–Crippen LogP) is 4.10. The minimum absolute atomic E-state index is 0.535. The maximum Gasteiger partial charge on any atom is 0.224 e. The third-order valence-corrected chi connectivity index (χ3v) is 3.51. The number of nitrogens with zero attached hydrogens (tertiary/aromatic N) is 2. The number of aryl methyl sites for hydroxylation is 1. The van der Waals surface area contributed by atoms with Gasteiger partial charge in [0, 0.05) is 37.7 Å². The van der Waals surface area contributed by atoms with E-state index < -0.39 is 0 Å². The lowest BCUT2D eigenvalue weighted by atomic mass is 10.0. The molecule has 1 aromatic heterocycles. The van der Waals surface area contributed by atoms with Gasteiger partial charge in [-0.3, -0.25) is 0 Å². The van der Waals surface area contributed by atoms with E-state index in [2.05, 4.69) is 58.7 Å². The van der Waals surface area contributed by atoms with Gasteiger partial charge < -0.3 is 15.4 Å². The molecule has 0 aliphatic rings. The smallest absolute Gasteiger partial charge is 0.224 e. The normalized spacial score (nSPS) is 10.8. The number of hydrogen-bond acceptors (Lipinski definition) is 5. The summed E-state index contributed by atoms with van der Waals surface area (Å²) in [6, 6.07) is 10.4. The monoisotopic (exact) mass is 314 g/mol. The molecule has 0 saturated heterocycles. The van der Waals surface area contributed by atoms with Crippen LogP contribution in [0.3, 0.4) is 0 Å². The highest BCUT2D eigenvalue weighted by atomic mass is 16.5. The van der Waals surface area contributed by atoms with Crippen LogP contribution in [0, 0.1) is 6.92 Å². The summed E-state index contributed by atoms with van der Waals surface area (Å²) in [5, 5.41) is 6.57. The van der Waals surface area contributed by atoms with E-state index in [-0.39, 0.29) is 0 Å². The van der Waals surface area contributed by atoms with Crippen LogP contribution in [0.1, 0.15) is 37.4 Å². The first-order valence-corrected chi connectivity index (χ1v) is 8.04. The van der Waals surface area contributed by atoms with Crippen molar-refractivity contribution in [2.24, 2.45) is 0 Å². The van der Waals surface area contributed by atoms with Crippen molar-refractivity contribution in [2.45, 2.75) is 33.1 Å². The molecular formula is C18H26N4O. The standard InChI is InChI=1S/C18H26N4O/c1-13(2)15-6-8-16(9-7-15)21-17-12-14(3)20-18(22-17)19-10-5-11-23-4/h6-9,12-13H,5,10-11H2,1-4H3,(H2,19,20,21,22). The molecule has 23 heavy (non-hydrogen) atoms. The minimum Gasteiger partial charge on any atom is -0.385 e. The SMILES string of the molecule is COCCCNc1nc(C)cc(Nc2ccc(C(C)C)cc2)n1. The second-order valence-electron chi connectivity index (χ2n) is 5.89. The number of rotatable bonds is 8. The van der Waals surface area contributed by atoms with Crippen molar-refractivity contribution in [3.05, 3.63) is 41.6 Å². The molecule has 124 valence electrons.